The third kappa shape index (κ3) is 4.47. The Hall–Kier alpha value is -3.08. The van der Waals surface area contributed by atoms with Crippen molar-refractivity contribution in [3.8, 4) is 11.8 Å². The molecule has 0 aliphatic heterocycles. The zero-order valence-electron chi connectivity index (χ0n) is 14.7. The molecule has 0 radical (unpaired) electrons. The fraction of sp³-hybridized carbons (Fsp3) is 0.227. The van der Waals surface area contributed by atoms with Crippen molar-refractivity contribution in [1.82, 2.24) is 0 Å². The van der Waals surface area contributed by atoms with E-state index in [9.17, 15) is 0 Å². The van der Waals surface area contributed by atoms with Crippen LogP contribution in [0, 0.1) is 11.8 Å². The second-order valence-corrected chi connectivity index (χ2v) is 6.10. The molecule has 25 heavy (non-hydrogen) atoms. The van der Waals surface area contributed by atoms with Gasteiger partial charge in [0.15, 0.2) is 0 Å². The molecule has 124 valence electrons. The molecule has 0 amide bonds. The van der Waals surface area contributed by atoms with E-state index in [2.05, 4.69) is 44.9 Å². The minimum absolute atomic E-state index is 0.859. The molecular formula is C22H21N3. The van der Waals surface area contributed by atoms with Crippen LogP contribution in [0.5, 0.6) is 0 Å². The van der Waals surface area contributed by atoms with Crippen LogP contribution in [0.4, 0.5) is 11.4 Å². The van der Waals surface area contributed by atoms with Crippen molar-refractivity contribution < 1.29 is 0 Å². The first-order valence-corrected chi connectivity index (χ1v) is 8.46. The fourth-order valence-corrected chi connectivity index (χ4v) is 2.74. The van der Waals surface area contributed by atoms with Crippen LogP contribution in [0.15, 0.2) is 75.9 Å². The summed E-state index contributed by atoms with van der Waals surface area (Å²) in [5.74, 6) is 6.63. The summed E-state index contributed by atoms with van der Waals surface area (Å²) < 4.78 is 0. The van der Waals surface area contributed by atoms with Gasteiger partial charge in [-0.25, -0.2) is 0 Å². The number of para-hydroxylation sites is 2. The largest absolute Gasteiger partial charge is 0.377 e. The Labute approximate surface area is 149 Å². The van der Waals surface area contributed by atoms with Gasteiger partial charge in [0.05, 0.1) is 17.1 Å². The summed E-state index contributed by atoms with van der Waals surface area (Å²) in [6.07, 6.45) is 3.00. The van der Waals surface area contributed by atoms with Crippen LogP contribution in [0.2, 0.25) is 0 Å². The average molecular weight is 327 g/mol. The summed E-state index contributed by atoms with van der Waals surface area (Å²) in [4.78, 5) is 10.8. The first-order valence-electron chi connectivity index (χ1n) is 8.46. The fourth-order valence-electron chi connectivity index (χ4n) is 2.74. The summed E-state index contributed by atoms with van der Waals surface area (Å²) >= 11 is 0. The van der Waals surface area contributed by atoms with E-state index in [1.54, 1.807) is 0 Å². The van der Waals surface area contributed by atoms with Gasteiger partial charge in [-0.1, -0.05) is 42.2 Å². The molecule has 1 aliphatic rings. The molecule has 1 aliphatic carbocycles. The maximum atomic E-state index is 4.42. The highest BCUT2D eigenvalue weighted by molar-refractivity contribution is 5.61. The van der Waals surface area contributed by atoms with Gasteiger partial charge < -0.3 is 4.90 Å². The number of benzene rings is 2. The van der Waals surface area contributed by atoms with Crippen molar-refractivity contribution in [2.45, 2.75) is 19.3 Å². The second kappa shape index (κ2) is 8.15. The highest BCUT2D eigenvalue weighted by atomic mass is 15.1. The quantitative estimate of drug-likeness (QED) is 0.573. The van der Waals surface area contributed by atoms with Gasteiger partial charge in [-0.15, -0.1) is 0 Å². The lowest BCUT2D eigenvalue weighted by molar-refractivity contribution is 0.896. The predicted molar refractivity (Wildman–Crippen MR) is 104 cm³/mol. The van der Waals surface area contributed by atoms with Crippen LogP contribution in [0.1, 0.15) is 24.8 Å². The Kier molecular flexibility index (Phi) is 5.46. The average Bonchev–Trinajstić information content (AvgIpc) is 3.08. The molecule has 0 heterocycles. The highest BCUT2D eigenvalue weighted by Crippen LogP contribution is 2.26. The van der Waals surface area contributed by atoms with E-state index in [0.717, 1.165) is 47.5 Å². The number of anilines is 1. The van der Waals surface area contributed by atoms with Crippen LogP contribution < -0.4 is 4.90 Å². The molecule has 0 aromatic heterocycles. The number of hydrogen-bond donors (Lipinski definition) is 0. The first-order chi connectivity index (χ1) is 12.2. The molecule has 0 fully saturated rings. The maximum Gasteiger partial charge on any atom is 0.100 e. The van der Waals surface area contributed by atoms with Crippen molar-refractivity contribution in [2.24, 2.45) is 9.98 Å². The van der Waals surface area contributed by atoms with E-state index in [0.29, 0.717) is 0 Å². The second-order valence-electron chi connectivity index (χ2n) is 6.10. The summed E-state index contributed by atoms with van der Waals surface area (Å²) in [7, 11) is 4.07. The van der Waals surface area contributed by atoms with Crippen LogP contribution in [0.25, 0.3) is 0 Å². The molecular weight excluding hydrogens is 306 g/mol. The number of allylic oxidation sites excluding steroid dienone is 2. The zero-order valence-corrected chi connectivity index (χ0v) is 14.7. The van der Waals surface area contributed by atoms with Gasteiger partial charge in [-0.3, -0.25) is 0 Å². The number of rotatable bonds is 3. The lowest BCUT2D eigenvalue weighted by Crippen LogP contribution is -2.10. The Morgan fingerprint density at radius 2 is 1.60 bits per heavy atom. The van der Waals surface area contributed by atoms with Gasteiger partial charge >= 0.3 is 0 Å². The SMILES string of the molecule is CN(C)c1ccccc1C#CC1=C(N=C=Nc2ccccc2)CCC1. The predicted octanol–water partition coefficient (Wildman–Crippen LogP) is 5.05. The molecule has 3 rings (SSSR count). The lowest BCUT2D eigenvalue weighted by Gasteiger charge is -2.13. The molecule has 2 aromatic rings. The molecule has 0 atom stereocenters. The number of hydrogen-bond acceptors (Lipinski definition) is 3. The minimum Gasteiger partial charge on any atom is -0.377 e. The Balaban J connectivity index is 1.85. The van der Waals surface area contributed by atoms with Crippen LogP contribution in [-0.4, -0.2) is 20.1 Å². The van der Waals surface area contributed by atoms with Gasteiger partial charge in [0.2, 0.25) is 0 Å². The molecule has 0 N–H and O–H groups in total. The Bertz CT molecular complexity index is 890. The van der Waals surface area contributed by atoms with Gasteiger partial charge in [0.1, 0.15) is 6.01 Å². The molecule has 3 heteroatoms. The van der Waals surface area contributed by atoms with Crippen molar-refractivity contribution in [2.75, 3.05) is 19.0 Å². The zero-order chi connectivity index (χ0) is 17.5. The Morgan fingerprint density at radius 3 is 2.40 bits per heavy atom. The molecule has 0 spiro atoms. The summed E-state index contributed by atoms with van der Waals surface area (Å²) in [5, 5.41) is 0. The molecule has 3 nitrogen and oxygen atoms in total. The highest BCUT2D eigenvalue weighted by Gasteiger charge is 2.12. The summed E-state index contributed by atoms with van der Waals surface area (Å²) in [5.41, 5.74) is 5.13. The van der Waals surface area contributed by atoms with Crippen LogP contribution >= 0.6 is 0 Å². The normalized spacial score (nSPS) is 12.9. The van der Waals surface area contributed by atoms with Gasteiger partial charge in [-0.2, -0.15) is 9.98 Å². The van der Waals surface area contributed by atoms with E-state index < -0.39 is 0 Å². The van der Waals surface area contributed by atoms with Crippen molar-refractivity contribution >= 4 is 17.4 Å². The summed E-state index contributed by atoms with van der Waals surface area (Å²) in [6.45, 7) is 0. The van der Waals surface area contributed by atoms with Gasteiger partial charge in [-0.05, 0) is 43.5 Å². The molecule has 0 saturated carbocycles. The van der Waals surface area contributed by atoms with Gasteiger partial charge in [0.25, 0.3) is 0 Å². The maximum absolute atomic E-state index is 4.42. The van der Waals surface area contributed by atoms with E-state index in [1.165, 1.54) is 0 Å². The van der Waals surface area contributed by atoms with Crippen molar-refractivity contribution in [1.29, 1.82) is 0 Å². The third-order valence-electron chi connectivity index (χ3n) is 4.04. The van der Waals surface area contributed by atoms with Crippen LogP contribution in [-0.2, 0) is 0 Å². The van der Waals surface area contributed by atoms with Crippen molar-refractivity contribution in [3.05, 3.63) is 71.4 Å². The minimum atomic E-state index is 0.859. The van der Waals surface area contributed by atoms with Crippen molar-refractivity contribution in [3.63, 3.8) is 0 Å². The van der Waals surface area contributed by atoms with E-state index in [-0.39, 0.29) is 0 Å². The van der Waals surface area contributed by atoms with E-state index in [4.69, 9.17) is 0 Å². The smallest absolute Gasteiger partial charge is 0.100 e. The number of aliphatic imine (C=N–C) groups is 2. The summed E-state index contributed by atoms with van der Waals surface area (Å²) in [6, 6.07) is 20.7. The molecule has 0 bridgehead atoms. The third-order valence-corrected chi connectivity index (χ3v) is 4.04. The van der Waals surface area contributed by atoms with Gasteiger partial charge in [0, 0.05) is 25.2 Å². The topological polar surface area (TPSA) is 28.0 Å². The lowest BCUT2D eigenvalue weighted by atomic mass is 10.1. The van der Waals surface area contributed by atoms with E-state index in [1.807, 2.05) is 56.6 Å². The van der Waals surface area contributed by atoms with E-state index >= 15 is 0 Å². The standard InChI is InChI=1S/C22H21N3/c1-25(2)22-14-7-6-9-19(22)16-15-18-10-8-13-21(18)24-17-23-20-11-4-3-5-12-20/h3-7,9,11-12,14H,8,10,13H2,1-2H3. The van der Waals surface area contributed by atoms with Crippen LogP contribution in [0.3, 0.4) is 0 Å². The molecule has 2 aromatic carbocycles. The Morgan fingerprint density at radius 1 is 0.840 bits per heavy atom. The number of nitrogens with zero attached hydrogens (tertiary/aromatic N) is 3. The molecule has 0 unspecified atom stereocenters. The monoisotopic (exact) mass is 327 g/mol. The first kappa shape index (κ1) is 16.8. The molecule has 0 saturated heterocycles.